The molecule has 0 atom stereocenters. The van der Waals surface area contributed by atoms with E-state index < -0.39 is 10.0 Å². The van der Waals surface area contributed by atoms with Crippen molar-refractivity contribution in [2.24, 2.45) is 5.73 Å². The number of hydrogen-bond donors (Lipinski definition) is 1. The number of aryl methyl sites for hydroxylation is 1. The van der Waals surface area contributed by atoms with Crippen molar-refractivity contribution in [2.45, 2.75) is 24.8 Å². The van der Waals surface area contributed by atoms with Gasteiger partial charge in [0.25, 0.3) is 0 Å². The Morgan fingerprint density at radius 2 is 2.10 bits per heavy atom. The van der Waals surface area contributed by atoms with Crippen LogP contribution in [0.5, 0.6) is 0 Å². The van der Waals surface area contributed by atoms with E-state index in [0.29, 0.717) is 19.7 Å². The molecule has 0 unspecified atom stereocenters. The Morgan fingerprint density at radius 1 is 1.38 bits per heavy atom. The average molecular weight is 312 g/mol. The lowest BCUT2D eigenvalue weighted by Gasteiger charge is -2.21. The van der Waals surface area contributed by atoms with Crippen molar-refractivity contribution in [3.8, 4) is 0 Å². The Kier molecular flexibility index (Phi) is 7.04. The summed E-state index contributed by atoms with van der Waals surface area (Å²) in [5.74, 6) is 0. The first kappa shape index (κ1) is 17.8. The number of nitrogens with two attached hydrogens (primary N) is 1. The van der Waals surface area contributed by atoms with Gasteiger partial charge in [-0.1, -0.05) is 19.1 Å². The zero-order chi connectivity index (χ0) is 15.9. The van der Waals surface area contributed by atoms with Gasteiger partial charge in [-0.15, -0.1) is 6.58 Å². The molecule has 0 saturated carbocycles. The van der Waals surface area contributed by atoms with Gasteiger partial charge in [0.15, 0.2) is 0 Å². The molecule has 0 radical (unpaired) electrons. The molecular weight excluding hydrogens is 288 g/mol. The fourth-order valence-electron chi connectivity index (χ4n) is 2.09. The maximum atomic E-state index is 12.7. The average Bonchev–Trinajstić information content (AvgIpc) is 2.50. The van der Waals surface area contributed by atoms with Crippen LogP contribution in [0.3, 0.4) is 0 Å². The molecule has 1 aromatic rings. The molecule has 0 fully saturated rings. The van der Waals surface area contributed by atoms with Crippen molar-refractivity contribution < 1.29 is 13.2 Å². The molecule has 0 amide bonds. The largest absolute Gasteiger partial charge is 0.383 e. The summed E-state index contributed by atoms with van der Waals surface area (Å²) in [6, 6.07) is 5.13. The highest BCUT2D eigenvalue weighted by molar-refractivity contribution is 7.89. The molecule has 5 nitrogen and oxygen atoms in total. The quantitative estimate of drug-likeness (QED) is 0.702. The van der Waals surface area contributed by atoms with Gasteiger partial charge in [0, 0.05) is 26.7 Å². The zero-order valence-corrected chi connectivity index (χ0v) is 13.5. The minimum absolute atomic E-state index is 0.249. The summed E-state index contributed by atoms with van der Waals surface area (Å²) < 4.78 is 31.7. The van der Waals surface area contributed by atoms with Crippen LogP contribution in [-0.4, -0.2) is 39.5 Å². The molecular formula is C15H24N2O3S. The smallest absolute Gasteiger partial charge is 0.243 e. The van der Waals surface area contributed by atoms with Crippen LogP contribution in [0, 0.1) is 0 Å². The van der Waals surface area contributed by atoms with Crippen molar-refractivity contribution in [1.29, 1.82) is 0 Å². The first-order valence-corrected chi connectivity index (χ1v) is 8.37. The van der Waals surface area contributed by atoms with Gasteiger partial charge in [0.1, 0.15) is 0 Å². The van der Waals surface area contributed by atoms with Crippen molar-refractivity contribution in [3.05, 3.63) is 42.0 Å². The maximum absolute atomic E-state index is 12.7. The monoisotopic (exact) mass is 312 g/mol. The molecule has 0 aliphatic rings. The lowest BCUT2D eigenvalue weighted by atomic mass is 10.1. The molecule has 6 heteroatoms. The minimum atomic E-state index is -3.57. The zero-order valence-electron chi connectivity index (χ0n) is 12.7. The topological polar surface area (TPSA) is 72.6 Å². The first-order valence-electron chi connectivity index (χ1n) is 6.93. The van der Waals surface area contributed by atoms with E-state index in [9.17, 15) is 8.42 Å². The van der Waals surface area contributed by atoms with Crippen LogP contribution < -0.4 is 5.73 Å². The molecule has 0 bridgehead atoms. The highest BCUT2D eigenvalue weighted by Crippen LogP contribution is 2.20. The van der Waals surface area contributed by atoms with E-state index in [2.05, 4.69) is 6.58 Å². The van der Waals surface area contributed by atoms with Gasteiger partial charge >= 0.3 is 0 Å². The van der Waals surface area contributed by atoms with Gasteiger partial charge < -0.3 is 10.5 Å². The van der Waals surface area contributed by atoms with Gasteiger partial charge in [0.05, 0.1) is 11.5 Å². The molecule has 1 rings (SSSR count). The van der Waals surface area contributed by atoms with Gasteiger partial charge in [-0.3, -0.25) is 0 Å². The summed E-state index contributed by atoms with van der Waals surface area (Å²) in [5.41, 5.74) is 7.65. The summed E-state index contributed by atoms with van der Waals surface area (Å²) in [6.07, 6.45) is 2.39. The molecule has 0 aliphatic carbocycles. The standard InChI is InChI=1S/C15H24N2O3S/c1-4-8-17(9-10-20-3)21(18,19)15-7-6-13(5-2)14(11-15)12-16/h4,6-7,11H,1,5,8-10,12,16H2,2-3H3. The number of hydrogen-bond acceptors (Lipinski definition) is 4. The van der Waals surface area contributed by atoms with E-state index >= 15 is 0 Å². The minimum Gasteiger partial charge on any atom is -0.383 e. The second-order valence-electron chi connectivity index (χ2n) is 4.63. The summed E-state index contributed by atoms with van der Waals surface area (Å²) >= 11 is 0. The van der Waals surface area contributed by atoms with Gasteiger partial charge in [-0.2, -0.15) is 4.31 Å². The Bertz CT molecular complexity index is 570. The Morgan fingerprint density at radius 3 is 2.62 bits per heavy atom. The second-order valence-corrected chi connectivity index (χ2v) is 6.57. The Labute approximate surface area is 127 Å². The van der Waals surface area contributed by atoms with E-state index in [1.807, 2.05) is 13.0 Å². The van der Waals surface area contributed by atoms with Crippen LogP contribution in [-0.2, 0) is 27.7 Å². The predicted molar refractivity (Wildman–Crippen MR) is 84.5 cm³/mol. The summed E-state index contributed by atoms with van der Waals surface area (Å²) in [7, 11) is -2.02. The third-order valence-electron chi connectivity index (χ3n) is 3.29. The number of benzene rings is 1. The molecule has 1 aromatic carbocycles. The van der Waals surface area contributed by atoms with E-state index in [-0.39, 0.29) is 11.4 Å². The molecule has 21 heavy (non-hydrogen) atoms. The van der Waals surface area contributed by atoms with Crippen molar-refractivity contribution in [3.63, 3.8) is 0 Å². The van der Waals surface area contributed by atoms with Gasteiger partial charge in [-0.25, -0.2) is 8.42 Å². The molecule has 0 heterocycles. The van der Waals surface area contributed by atoms with Crippen molar-refractivity contribution >= 4 is 10.0 Å². The van der Waals surface area contributed by atoms with Gasteiger partial charge in [-0.05, 0) is 29.7 Å². The summed E-state index contributed by atoms with van der Waals surface area (Å²) in [6.45, 7) is 6.83. The van der Waals surface area contributed by atoms with Crippen LogP contribution in [0.25, 0.3) is 0 Å². The predicted octanol–water partition coefficient (Wildman–Crippen LogP) is 1.53. The fourth-order valence-corrected chi connectivity index (χ4v) is 3.54. The van der Waals surface area contributed by atoms with Crippen LogP contribution in [0.1, 0.15) is 18.1 Å². The normalized spacial score (nSPS) is 11.8. The fraction of sp³-hybridized carbons (Fsp3) is 0.467. The number of ether oxygens (including phenoxy) is 1. The maximum Gasteiger partial charge on any atom is 0.243 e. The Balaban J connectivity index is 3.17. The summed E-state index contributed by atoms with van der Waals surface area (Å²) in [5, 5.41) is 0. The lowest BCUT2D eigenvalue weighted by molar-refractivity contribution is 0.182. The molecule has 0 aromatic heterocycles. The SMILES string of the molecule is C=CCN(CCOC)S(=O)(=O)c1ccc(CC)c(CN)c1. The molecule has 118 valence electrons. The van der Waals surface area contributed by atoms with Crippen molar-refractivity contribution in [1.82, 2.24) is 4.31 Å². The van der Waals surface area contributed by atoms with Crippen LogP contribution in [0.2, 0.25) is 0 Å². The van der Waals surface area contributed by atoms with E-state index in [0.717, 1.165) is 17.5 Å². The highest BCUT2D eigenvalue weighted by Gasteiger charge is 2.23. The van der Waals surface area contributed by atoms with Crippen LogP contribution >= 0.6 is 0 Å². The third kappa shape index (κ3) is 4.38. The van der Waals surface area contributed by atoms with E-state index in [4.69, 9.17) is 10.5 Å². The van der Waals surface area contributed by atoms with Crippen LogP contribution in [0.15, 0.2) is 35.7 Å². The van der Waals surface area contributed by atoms with Gasteiger partial charge in [0.2, 0.25) is 10.0 Å². The number of methoxy groups -OCH3 is 1. The lowest BCUT2D eigenvalue weighted by Crippen LogP contribution is -2.34. The molecule has 0 saturated heterocycles. The van der Waals surface area contributed by atoms with Crippen LogP contribution in [0.4, 0.5) is 0 Å². The Hall–Kier alpha value is -1.21. The molecule has 0 spiro atoms. The molecule has 2 N–H and O–H groups in total. The molecule has 0 aliphatic heterocycles. The third-order valence-corrected chi connectivity index (χ3v) is 5.16. The van der Waals surface area contributed by atoms with Crippen molar-refractivity contribution in [2.75, 3.05) is 26.8 Å². The second kappa shape index (κ2) is 8.29. The van der Waals surface area contributed by atoms with E-state index in [1.54, 1.807) is 25.3 Å². The highest BCUT2D eigenvalue weighted by atomic mass is 32.2. The van der Waals surface area contributed by atoms with E-state index in [1.165, 1.54) is 4.31 Å². The number of nitrogens with zero attached hydrogens (tertiary/aromatic N) is 1. The number of sulfonamides is 1. The number of rotatable bonds is 9. The first-order chi connectivity index (χ1) is 10.0. The summed E-state index contributed by atoms with van der Waals surface area (Å²) in [4.78, 5) is 0.262.